The summed E-state index contributed by atoms with van der Waals surface area (Å²) in [7, 11) is -8.45. The van der Waals surface area contributed by atoms with Gasteiger partial charge in [0.2, 0.25) is 5.95 Å². The molecular formula is C18H31N8O12P2+. The Hall–Kier alpha value is -2.45. The Morgan fingerprint density at radius 2 is 2.12 bits per heavy atom. The number of ether oxygens (including phenoxy) is 1. The lowest BCUT2D eigenvalue weighted by molar-refractivity contribution is -0.0825. The first-order valence-electron chi connectivity index (χ1n) is 11.5. The number of nitrogens with zero attached hydrogens (tertiary/aromatic N) is 4. The summed E-state index contributed by atoms with van der Waals surface area (Å²) in [5.74, 6) is -0.310. The van der Waals surface area contributed by atoms with Gasteiger partial charge in [-0.1, -0.05) is 0 Å². The van der Waals surface area contributed by atoms with Crippen LogP contribution in [-0.4, -0.2) is 118 Å². The van der Waals surface area contributed by atoms with Gasteiger partial charge in [0.15, 0.2) is 23.5 Å². The van der Waals surface area contributed by atoms with Gasteiger partial charge in [-0.3, -0.25) is 23.9 Å². The summed E-state index contributed by atoms with van der Waals surface area (Å²) in [6.07, 6.45) is -8.65. The number of fused-ring (bicyclic) bond motifs is 1. The van der Waals surface area contributed by atoms with Crippen molar-refractivity contribution >= 4 is 39.3 Å². The first kappa shape index (κ1) is 32.1. The zero-order chi connectivity index (χ0) is 30.0. The Morgan fingerprint density at radius 1 is 1.45 bits per heavy atom. The summed E-state index contributed by atoms with van der Waals surface area (Å²) in [6.45, 7) is -0.881. The van der Waals surface area contributed by atoms with Crippen LogP contribution in [0.5, 0.6) is 0 Å². The molecule has 13 N–H and O–H groups in total. The van der Waals surface area contributed by atoms with E-state index in [2.05, 4.69) is 19.9 Å². The second kappa shape index (κ2) is 12.6. The number of aliphatic hydroxyl groups excluding tert-OH is 4. The van der Waals surface area contributed by atoms with Crippen LogP contribution in [0.15, 0.2) is 16.1 Å². The fourth-order valence-electron chi connectivity index (χ4n) is 4.12. The highest BCUT2D eigenvalue weighted by atomic mass is 31.2. The van der Waals surface area contributed by atoms with Crippen LogP contribution in [0.1, 0.15) is 13.2 Å². The summed E-state index contributed by atoms with van der Waals surface area (Å²) < 4.78 is 41.1. The van der Waals surface area contributed by atoms with Crippen LogP contribution in [0, 0.1) is 0 Å². The van der Waals surface area contributed by atoms with Crippen LogP contribution in [-0.2, 0) is 22.9 Å². The number of nitrogens with one attached hydrogen (secondary N) is 1. The van der Waals surface area contributed by atoms with Crippen LogP contribution in [0.25, 0.3) is 11.2 Å². The van der Waals surface area contributed by atoms with Crippen molar-refractivity contribution in [1.29, 1.82) is 0 Å². The van der Waals surface area contributed by atoms with Gasteiger partial charge in [0.1, 0.15) is 30.1 Å². The van der Waals surface area contributed by atoms with Gasteiger partial charge in [0.25, 0.3) is 5.56 Å². The number of aromatic nitrogens is 4. The van der Waals surface area contributed by atoms with E-state index < -0.39 is 82.6 Å². The number of nitrogen functional groups attached to an aromatic ring is 1. The van der Waals surface area contributed by atoms with E-state index in [0.29, 0.717) is 0 Å². The van der Waals surface area contributed by atoms with Gasteiger partial charge < -0.3 is 51.8 Å². The van der Waals surface area contributed by atoms with Crippen LogP contribution in [0.4, 0.5) is 5.95 Å². The standard InChI is InChI=1S/C18H30N8O12P2/c1-18(21,4-22-5-19)13(30)11(38-39(32)33)7(28)3-36-40(34,35)12-10(29)8(2-27)37-16(12)26-6-23-9-14(26)24-17(20)25-15(9)31/h5-8,10-13,16,27-30H,2-4,21H2,1H3,(H6-,19,20,22,24,25,31,32,33,34,35)/p+1. The molecule has 0 saturated carbocycles. The minimum absolute atomic E-state index is 0.173. The lowest BCUT2D eigenvalue weighted by Crippen LogP contribution is -2.59. The van der Waals surface area contributed by atoms with E-state index in [9.17, 15) is 44.1 Å². The number of H-pyrrole nitrogens is 1. The predicted octanol–water partition coefficient (Wildman–Crippen LogP) is -4.02. The number of hydrogen-bond acceptors (Lipinski definition) is 15. The van der Waals surface area contributed by atoms with Gasteiger partial charge in [-0.15, -0.1) is 9.42 Å². The van der Waals surface area contributed by atoms with Gasteiger partial charge in [-0.05, 0) is 6.92 Å². The molecule has 3 heterocycles. The molecule has 3 rings (SSSR count). The normalized spacial score (nSPS) is 27.4. The summed E-state index contributed by atoms with van der Waals surface area (Å²) in [5.41, 5.74) is 12.1. The molecule has 40 heavy (non-hydrogen) atoms. The third-order valence-corrected chi connectivity index (χ3v) is 8.42. The number of rotatable bonds is 13. The molecule has 1 aliphatic heterocycles. The quantitative estimate of drug-likeness (QED) is 0.0584. The van der Waals surface area contributed by atoms with Gasteiger partial charge in [-0.2, -0.15) is 4.98 Å². The van der Waals surface area contributed by atoms with Gasteiger partial charge in [0, 0.05) is 4.57 Å². The predicted molar refractivity (Wildman–Crippen MR) is 136 cm³/mol. The first-order chi connectivity index (χ1) is 18.6. The zero-order valence-electron chi connectivity index (χ0n) is 20.9. The van der Waals surface area contributed by atoms with Crippen LogP contribution in [0.3, 0.4) is 0 Å². The third kappa shape index (κ3) is 6.71. The molecule has 0 spiro atoms. The molecule has 1 fully saturated rings. The molecule has 1 aliphatic rings. The van der Waals surface area contributed by atoms with Gasteiger partial charge in [-0.25, -0.2) is 4.98 Å². The van der Waals surface area contributed by atoms with E-state index in [-0.39, 0.29) is 23.7 Å². The van der Waals surface area contributed by atoms with Crippen molar-refractivity contribution in [2.24, 2.45) is 16.5 Å². The number of aromatic amines is 1. The van der Waals surface area contributed by atoms with Gasteiger partial charge in [0.05, 0.1) is 38.0 Å². The molecule has 0 aliphatic carbocycles. The van der Waals surface area contributed by atoms with E-state index in [1.54, 1.807) is 0 Å². The Balaban J connectivity index is 1.89. The molecule has 0 radical (unpaired) electrons. The molecule has 2 aromatic rings. The van der Waals surface area contributed by atoms with Crippen LogP contribution < -0.4 is 22.8 Å². The minimum Gasteiger partial charge on any atom is -0.394 e. The maximum Gasteiger partial charge on any atom is 0.695 e. The number of hydrogen-bond donors (Lipinski definition) is 10. The summed E-state index contributed by atoms with van der Waals surface area (Å²) in [5, 5.41) is 41.6. The summed E-state index contributed by atoms with van der Waals surface area (Å²) >= 11 is 0. The van der Waals surface area contributed by atoms with E-state index in [1.807, 2.05) is 0 Å². The lowest BCUT2D eigenvalue weighted by atomic mass is 9.90. The number of imidazole rings is 1. The minimum atomic E-state index is -5.05. The second-order valence-corrected chi connectivity index (χ2v) is 11.8. The Labute approximate surface area is 225 Å². The van der Waals surface area contributed by atoms with Crippen molar-refractivity contribution in [1.82, 2.24) is 19.5 Å². The highest BCUT2D eigenvalue weighted by molar-refractivity contribution is 7.53. The third-order valence-electron chi connectivity index (χ3n) is 6.16. The van der Waals surface area contributed by atoms with Crippen molar-refractivity contribution in [2.45, 2.75) is 54.9 Å². The van der Waals surface area contributed by atoms with Crippen molar-refractivity contribution in [3.05, 3.63) is 16.7 Å². The van der Waals surface area contributed by atoms with Crippen molar-refractivity contribution in [2.75, 3.05) is 25.5 Å². The average Bonchev–Trinajstić information content (AvgIpc) is 3.45. The van der Waals surface area contributed by atoms with Crippen molar-refractivity contribution in [3.63, 3.8) is 0 Å². The Bertz CT molecular complexity index is 1340. The molecule has 224 valence electrons. The van der Waals surface area contributed by atoms with E-state index >= 15 is 0 Å². The van der Waals surface area contributed by atoms with E-state index in [0.717, 1.165) is 17.2 Å². The highest BCUT2D eigenvalue weighted by Gasteiger charge is 2.55. The second-order valence-electron chi connectivity index (χ2n) is 9.18. The van der Waals surface area contributed by atoms with Crippen molar-refractivity contribution in [3.8, 4) is 0 Å². The van der Waals surface area contributed by atoms with Crippen LogP contribution >= 0.6 is 15.9 Å². The number of aliphatic hydroxyl groups is 4. The molecule has 0 aromatic carbocycles. The molecule has 10 unspecified atom stereocenters. The average molecular weight is 613 g/mol. The Kier molecular flexibility index (Phi) is 10.1. The smallest absolute Gasteiger partial charge is 0.394 e. The number of anilines is 1. The lowest BCUT2D eigenvalue weighted by Gasteiger charge is -2.34. The summed E-state index contributed by atoms with van der Waals surface area (Å²) in [6, 6.07) is 0. The van der Waals surface area contributed by atoms with Crippen LogP contribution in [0.2, 0.25) is 0 Å². The van der Waals surface area contributed by atoms with E-state index in [4.69, 9.17) is 31.0 Å². The fourth-order valence-corrected chi connectivity index (χ4v) is 6.23. The highest BCUT2D eigenvalue weighted by Crippen LogP contribution is 2.57. The SMILES string of the molecule is CC(N)(CN=CN)C(O)C(O[P+](=O)O)C(O)COP(=O)(O)C1C(O)C(CO)OC1n1cnc2c(=O)[nH]c(N)nc21. The molecule has 22 heteroatoms. The van der Waals surface area contributed by atoms with E-state index in [1.165, 1.54) is 6.92 Å². The molecule has 1 saturated heterocycles. The summed E-state index contributed by atoms with van der Waals surface area (Å²) in [4.78, 5) is 46.0. The molecule has 2 aromatic heterocycles. The van der Waals surface area contributed by atoms with Crippen molar-refractivity contribution < 1.29 is 53.1 Å². The maximum absolute atomic E-state index is 13.4. The fraction of sp³-hybridized carbons (Fsp3) is 0.667. The topological polar surface area (TPSA) is 337 Å². The maximum atomic E-state index is 13.4. The number of aliphatic imine (C=N–C) groups is 1. The Morgan fingerprint density at radius 3 is 2.73 bits per heavy atom. The largest absolute Gasteiger partial charge is 0.695 e. The van der Waals surface area contributed by atoms with Gasteiger partial charge >= 0.3 is 15.9 Å². The molecule has 10 atom stereocenters. The molecule has 0 bridgehead atoms. The zero-order valence-corrected chi connectivity index (χ0v) is 22.7. The molecule has 0 amide bonds. The molecular weight excluding hydrogens is 582 g/mol. The number of nitrogens with two attached hydrogens (primary N) is 3. The molecule has 20 nitrogen and oxygen atoms in total. The first-order valence-corrected chi connectivity index (χ1v) is 14.2. The monoisotopic (exact) mass is 613 g/mol.